The first-order valence-corrected chi connectivity index (χ1v) is 4.12. The van der Waals surface area contributed by atoms with Crippen LogP contribution in [-0.4, -0.2) is 29.7 Å². The first kappa shape index (κ1) is 8.37. The van der Waals surface area contributed by atoms with Gasteiger partial charge in [0, 0.05) is 6.04 Å². The Kier molecular flexibility index (Phi) is 2.37. The molecule has 0 radical (unpaired) electrons. The fourth-order valence-electron chi connectivity index (χ4n) is 1.42. The molecule has 64 valence electrons. The molecule has 0 bridgehead atoms. The molecule has 1 amide bonds. The van der Waals surface area contributed by atoms with Gasteiger partial charge in [0.15, 0.2) is 0 Å². The van der Waals surface area contributed by atoms with Gasteiger partial charge in [-0.25, -0.2) is 4.79 Å². The van der Waals surface area contributed by atoms with E-state index in [1.54, 1.807) is 4.90 Å². The Bertz CT molecular complexity index is 156. The first-order valence-electron chi connectivity index (χ1n) is 4.12. The normalized spacial score (nSPS) is 24.5. The van der Waals surface area contributed by atoms with Crippen LogP contribution in [0.15, 0.2) is 0 Å². The summed E-state index contributed by atoms with van der Waals surface area (Å²) in [7, 11) is 0. The van der Waals surface area contributed by atoms with Crippen molar-refractivity contribution < 1.29 is 9.53 Å². The molecule has 1 aliphatic heterocycles. The SMILES string of the molecule is CC[C@H]1COC(=O)N1C(C)C. The number of hydrogen-bond donors (Lipinski definition) is 0. The maximum atomic E-state index is 11.1. The highest BCUT2D eigenvalue weighted by Crippen LogP contribution is 2.17. The fourth-order valence-corrected chi connectivity index (χ4v) is 1.42. The summed E-state index contributed by atoms with van der Waals surface area (Å²) in [6.45, 7) is 6.65. The highest BCUT2D eigenvalue weighted by molar-refractivity contribution is 5.70. The summed E-state index contributed by atoms with van der Waals surface area (Å²) in [5.41, 5.74) is 0. The van der Waals surface area contributed by atoms with Crippen LogP contribution in [0.5, 0.6) is 0 Å². The van der Waals surface area contributed by atoms with E-state index in [4.69, 9.17) is 4.74 Å². The van der Waals surface area contributed by atoms with Gasteiger partial charge in [0.1, 0.15) is 6.61 Å². The van der Waals surface area contributed by atoms with E-state index in [9.17, 15) is 4.79 Å². The lowest BCUT2D eigenvalue weighted by atomic mass is 10.2. The van der Waals surface area contributed by atoms with Gasteiger partial charge in [0.2, 0.25) is 0 Å². The van der Waals surface area contributed by atoms with E-state index in [0.29, 0.717) is 12.6 Å². The molecule has 1 atom stereocenters. The lowest BCUT2D eigenvalue weighted by Crippen LogP contribution is -2.38. The molecule has 0 spiro atoms. The zero-order chi connectivity index (χ0) is 8.43. The van der Waals surface area contributed by atoms with Gasteiger partial charge in [-0.2, -0.15) is 0 Å². The van der Waals surface area contributed by atoms with Gasteiger partial charge in [-0.3, -0.25) is 4.90 Å². The van der Waals surface area contributed by atoms with Crippen LogP contribution in [0.4, 0.5) is 4.79 Å². The molecule has 0 aromatic carbocycles. The van der Waals surface area contributed by atoms with Crippen molar-refractivity contribution in [1.29, 1.82) is 0 Å². The molecule has 1 saturated heterocycles. The molecule has 1 rings (SSSR count). The minimum atomic E-state index is -0.160. The summed E-state index contributed by atoms with van der Waals surface area (Å²) < 4.78 is 4.92. The van der Waals surface area contributed by atoms with E-state index in [0.717, 1.165) is 6.42 Å². The van der Waals surface area contributed by atoms with Crippen molar-refractivity contribution >= 4 is 6.09 Å². The zero-order valence-corrected chi connectivity index (χ0v) is 7.33. The number of amides is 1. The molecule has 1 aliphatic rings. The van der Waals surface area contributed by atoms with Crippen molar-refractivity contribution in [2.45, 2.75) is 39.3 Å². The summed E-state index contributed by atoms with van der Waals surface area (Å²) >= 11 is 0. The van der Waals surface area contributed by atoms with E-state index in [-0.39, 0.29) is 12.1 Å². The van der Waals surface area contributed by atoms with Crippen molar-refractivity contribution in [3.63, 3.8) is 0 Å². The molecule has 1 fully saturated rings. The maximum Gasteiger partial charge on any atom is 0.410 e. The Morgan fingerprint density at radius 2 is 2.36 bits per heavy atom. The molecule has 11 heavy (non-hydrogen) atoms. The molecule has 0 N–H and O–H groups in total. The van der Waals surface area contributed by atoms with Gasteiger partial charge >= 0.3 is 6.09 Å². The topological polar surface area (TPSA) is 29.5 Å². The minimum absolute atomic E-state index is 0.160. The second-order valence-electron chi connectivity index (χ2n) is 3.14. The van der Waals surface area contributed by atoms with Gasteiger partial charge < -0.3 is 4.74 Å². The lowest BCUT2D eigenvalue weighted by molar-refractivity contribution is 0.149. The predicted octanol–water partition coefficient (Wildman–Crippen LogP) is 1.63. The fraction of sp³-hybridized carbons (Fsp3) is 0.875. The van der Waals surface area contributed by atoms with Crippen molar-refractivity contribution in [1.82, 2.24) is 4.90 Å². The number of nitrogens with zero attached hydrogens (tertiary/aromatic N) is 1. The average Bonchev–Trinajstić information content (AvgIpc) is 2.30. The first-order chi connectivity index (χ1) is 5.16. The number of carbonyl (C=O) groups is 1. The molecule has 0 aromatic rings. The van der Waals surface area contributed by atoms with Gasteiger partial charge in [-0.15, -0.1) is 0 Å². The number of rotatable bonds is 2. The Labute approximate surface area is 67.3 Å². The third-order valence-corrected chi connectivity index (χ3v) is 2.03. The Morgan fingerprint density at radius 1 is 1.73 bits per heavy atom. The minimum Gasteiger partial charge on any atom is -0.447 e. The van der Waals surface area contributed by atoms with Crippen molar-refractivity contribution in [3.8, 4) is 0 Å². The maximum absolute atomic E-state index is 11.1. The molecule has 3 nitrogen and oxygen atoms in total. The summed E-state index contributed by atoms with van der Waals surface area (Å²) in [5, 5.41) is 0. The molecule has 0 aromatic heterocycles. The van der Waals surface area contributed by atoms with Crippen LogP contribution in [0, 0.1) is 0 Å². The number of cyclic esters (lactones) is 1. The second kappa shape index (κ2) is 3.11. The summed E-state index contributed by atoms with van der Waals surface area (Å²) in [4.78, 5) is 12.9. The Morgan fingerprint density at radius 3 is 2.73 bits per heavy atom. The lowest BCUT2D eigenvalue weighted by Gasteiger charge is -2.23. The molecular weight excluding hydrogens is 142 g/mol. The van der Waals surface area contributed by atoms with Crippen LogP contribution in [0.25, 0.3) is 0 Å². The molecular formula is C8H15NO2. The Hall–Kier alpha value is -0.730. The summed E-state index contributed by atoms with van der Waals surface area (Å²) in [5.74, 6) is 0. The largest absolute Gasteiger partial charge is 0.447 e. The van der Waals surface area contributed by atoms with Crippen molar-refractivity contribution in [2.75, 3.05) is 6.61 Å². The average molecular weight is 157 g/mol. The predicted molar refractivity (Wildman–Crippen MR) is 42.4 cm³/mol. The zero-order valence-electron chi connectivity index (χ0n) is 7.33. The standard InChI is InChI=1S/C8H15NO2/c1-4-7-5-11-8(10)9(7)6(2)3/h6-7H,4-5H2,1-3H3/t7-/m0/s1. The van der Waals surface area contributed by atoms with E-state index in [1.165, 1.54) is 0 Å². The molecule has 0 saturated carbocycles. The van der Waals surface area contributed by atoms with E-state index < -0.39 is 0 Å². The van der Waals surface area contributed by atoms with Gasteiger partial charge in [-0.05, 0) is 20.3 Å². The second-order valence-corrected chi connectivity index (χ2v) is 3.14. The number of ether oxygens (including phenoxy) is 1. The van der Waals surface area contributed by atoms with Gasteiger partial charge in [-0.1, -0.05) is 6.92 Å². The molecule has 3 heteroatoms. The molecule has 0 aliphatic carbocycles. The van der Waals surface area contributed by atoms with Gasteiger partial charge in [0.25, 0.3) is 0 Å². The Balaban J connectivity index is 2.63. The van der Waals surface area contributed by atoms with Crippen LogP contribution >= 0.6 is 0 Å². The van der Waals surface area contributed by atoms with Crippen LogP contribution in [0.2, 0.25) is 0 Å². The number of carbonyl (C=O) groups excluding carboxylic acids is 1. The van der Waals surface area contributed by atoms with E-state index in [1.807, 2.05) is 13.8 Å². The van der Waals surface area contributed by atoms with E-state index >= 15 is 0 Å². The highest BCUT2D eigenvalue weighted by atomic mass is 16.6. The monoisotopic (exact) mass is 157 g/mol. The van der Waals surface area contributed by atoms with E-state index in [2.05, 4.69) is 6.92 Å². The van der Waals surface area contributed by atoms with Crippen molar-refractivity contribution in [2.24, 2.45) is 0 Å². The van der Waals surface area contributed by atoms with Crippen LogP contribution in [-0.2, 0) is 4.74 Å². The third-order valence-electron chi connectivity index (χ3n) is 2.03. The van der Waals surface area contributed by atoms with Crippen LogP contribution in [0.1, 0.15) is 27.2 Å². The third kappa shape index (κ3) is 1.47. The summed E-state index contributed by atoms with van der Waals surface area (Å²) in [6.07, 6.45) is 0.816. The van der Waals surface area contributed by atoms with Gasteiger partial charge in [0.05, 0.1) is 6.04 Å². The quantitative estimate of drug-likeness (QED) is 0.609. The smallest absolute Gasteiger partial charge is 0.410 e. The number of hydrogen-bond acceptors (Lipinski definition) is 2. The van der Waals surface area contributed by atoms with Crippen molar-refractivity contribution in [3.05, 3.63) is 0 Å². The molecule has 1 heterocycles. The highest BCUT2D eigenvalue weighted by Gasteiger charge is 2.33. The molecule has 0 unspecified atom stereocenters. The van der Waals surface area contributed by atoms with Crippen LogP contribution < -0.4 is 0 Å². The van der Waals surface area contributed by atoms with Crippen LogP contribution in [0.3, 0.4) is 0 Å². The summed E-state index contributed by atoms with van der Waals surface area (Å²) in [6, 6.07) is 0.553.